The van der Waals surface area contributed by atoms with Gasteiger partial charge in [0.15, 0.2) is 6.04 Å². The van der Waals surface area contributed by atoms with Crippen LogP contribution in [0.5, 0.6) is 0 Å². The molecule has 2 aromatic carbocycles. The van der Waals surface area contributed by atoms with Crippen LogP contribution in [-0.2, 0) is 9.59 Å². The van der Waals surface area contributed by atoms with E-state index in [1.54, 1.807) is 6.07 Å². The number of fused-ring (bicyclic) bond motifs is 1. The Kier molecular flexibility index (Phi) is 3.84. The minimum atomic E-state index is -1.04. The summed E-state index contributed by atoms with van der Waals surface area (Å²) in [5.74, 6) is -0.928. The maximum atomic E-state index is 12.2. The predicted molar refractivity (Wildman–Crippen MR) is 84.4 cm³/mol. The van der Waals surface area contributed by atoms with Gasteiger partial charge in [-0.15, -0.1) is 0 Å². The lowest BCUT2D eigenvalue weighted by Crippen LogP contribution is -2.37. The Hall–Kier alpha value is -2.36. The van der Waals surface area contributed by atoms with E-state index in [4.69, 9.17) is 0 Å². The third-order valence-electron chi connectivity index (χ3n) is 4.38. The third-order valence-corrected chi connectivity index (χ3v) is 4.38. The van der Waals surface area contributed by atoms with Crippen molar-refractivity contribution in [2.45, 2.75) is 25.8 Å². The van der Waals surface area contributed by atoms with Crippen molar-refractivity contribution in [2.75, 3.05) is 0 Å². The average Bonchev–Trinajstić information content (AvgIpc) is 3.35. The molecule has 0 bridgehead atoms. The number of carbonyl (C=O) groups excluding carboxylic acids is 1. The Morgan fingerprint density at radius 3 is 2.45 bits per heavy atom. The van der Waals surface area contributed by atoms with Gasteiger partial charge in [0.1, 0.15) is 0 Å². The maximum absolute atomic E-state index is 12.2. The topological polar surface area (TPSA) is 66.4 Å². The molecule has 0 aromatic heterocycles. The van der Waals surface area contributed by atoms with E-state index in [1.807, 2.05) is 43.3 Å². The van der Waals surface area contributed by atoms with E-state index in [-0.39, 0.29) is 11.8 Å². The lowest BCUT2D eigenvalue weighted by Gasteiger charge is -2.18. The smallest absolute Gasteiger partial charge is 0.330 e. The zero-order valence-electron chi connectivity index (χ0n) is 12.5. The first-order valence-corrected chi connectivity index (χ1v) is 7.58. The van der Waals surface area contributed by atoms with Gasteiger partial charge in [-0.3, -0.25) is 4.79 Å². The molecule has 0 heterocycles. The first-order valence-electron chi connectivity index (χ1n) is 7.58. The van der Waals surface area contributed by atoms with Crippen molar-refractivity contribution >= 4 is 22.6 Å². The molecule has 2 N–H and O–H groups in total. The van der Waals surface area contributed by atoms with Crippen molar-refractivity contribution in [3.63, 3.8) is 0 Å². The zero-order chi connectivity index (χ0) is 15.7. The van der Waals surface area contributed by atoms with Gasteiger partial charge in [0, 0.05) is 5.92 Å². The highest BCUT2D eigenvalue weighted by Crippen LogP contribution is 2.37. The van der Waals surface area contributed by atoms with E-state index in [1.165, 1.54) is 0 Å². The van der Waals surface area contributed by atoms with Gasteiger partial charge >= 0.3 is 5.97 Å². The Bertz CT molecular complexity index is 721. The van der Waals surface area contributed by atoms with Gasteiger partial charge < -0.3 is 10.4 Å². The fourth-order valence-electron chi connectivity index (χ4n) is 2.76. The van der Waals surface area contributed by atoms with Gasteiger partial charge in [0.2, 0.25) is 5.91 Å². The number of carbonyl (C=O) groups is 2. The van der Waals surface area contributed by atoms with Gasteiger partial charge in [-0.2, -0.15) is 0 Å². The molecule has 1 saturated carbocycles. The molecule has 2 aromatic rings. The highest BCUT2D eigenvalue weighted by Gasteiger charge is 2.34. The zero-order valence-corrected chi connectivity index (χ0v) is 12.5. The van der Waals surface area contributed by atoms with Gasteiger partial charge in [-0.25, -0.2) is 4.79 Å². The van der Waals surface area contributed by atoms with Crippen LogP contribution < -0.4 is 5.32 Å². The fourth-order valence-corrected chi connectivity index (χ4v) is 2.76. The maximum Gasteiger partial charge on any atom is 0.330 e. The molecular weight excluding hydrogens is 278 g/mol. The number of hydrogen-bond donors (Lipinski definition) is 2. The molecule has 0 spiro atoms. The van der Waals surface area contributed by atoms with Crippen LogP contribution >= 0.6 is 0 Å². The SMILES string of the molecule is CC(C(=O)NC(C(=O)O)c1ccc2ccccc2c1)C1CC1. The van der Waals surface area contributed by atoms with Crippen LogP contribution in [0.15, 0.2) is 42.5 Å². The molecule has 4 heteroatoms. The van der Waals surface area contributed by atoms with Crippen LogP contribution in [-0.4, -0.2) is 17.0 Å². The number of rotatable bonds is 5. The number of aliphatic carboxylic acids is 1. The first-order chi connectivity index (χ1) is 10.6. The highest BCUT2D eigenvalue weighted by atomic mass is 16.4. The standard InChI is InChI=1S/C18H19NO3/c1-11(12-6-7-12)17(20)19-16(18(21)22)15-9-8-13-4-2-3-5-14(13)10-15/h2-5,8-12,16H,6-7H2,1H3,(H,19,20)(H,21,22). The monoisotopic (exact) mass is 297 g/mol. The fraction of sp³-hybridized carbons (Fsp3) is 0.333. The summed E-state index contributed by atoms with van der Waals surface area (Å²) in [4.78, 5) is 23.8. The molecule has 3 rings (SSSR count). The molecule has 1 fully saturated rings. The van der Waals surface area contributed by atoms with Crippen molar-refractivity contribution in [3.8, 4) is 0 Å². The summed E-state index contributed by atoms with van der Waals surface area (Å²) >= 11 is 0. The number of hydrogen-bond acceptors (Lipinski definition) is 2. The number of carboxylic acids is 1. The molecule has 1 aliphatic carbocycles. The van der Waals surface area contributed by atoms with Crippen LogP contribution in [0.4, 0.5) is 0 Å². The normalized spacial score (nSPS) is 17.0. The molecule has 0 aliphatic heterocycles. The summed E-state index contributed by atoms with van der Waals surface area (Å²) in [5, 5.41) is 14.2. The van der Waals surface area contributed by atoms with E-state index >= 15 is 0 Å². The van der Waals surface area contributed by atoms with Crippen LogP contribution in [0.3, 0.4) is 0 Å². The molecule has 1 amide bonds. The summed E-state index contributed by atoms with van der Waals surface area (Å²) in [5.41, 5.74) is 0.600. The first kappa shape index (κ1) is 14.6. The summed E-state index contributed by atoms with van der Waals surface area (Å²) < 4.78 is 0. The summed E-state index contributed by atoms with van der Waals surface area (Å²) in [6.07, 6.45) is 2.12. The summed E-state index contributed by atoms with van der Waals surface area (Å²) in [6.45, 7) is 1.87. The molecule has 2 unspecified atom stereocenters. The lowest BCUT2D eigenvalue weighted by atomic mass is 10.00. The van der Waals surface area contributed by atoms with Crippen molar-refractivity contribution in [1.29, 1.82) is 0 Å². The largest absolute Gasteiger partial charge is 0.479 e. The third kappa shape index (κ3) is 2.96. The van der Waals surface area contributed by atoms with Crippen LogP contribution in [0.2, 0.25) is 0 Å². The molecule has 22 heavy (non-hydrogen) atoms. The Morgan fingerprint density at radius 1 is 1.14 bits per heavy atom. The highest BCUT2D eigenvalue weighted by molar-refractivity contribution is 5.88. The van der Waals surface area contributed by atoms with Crippen molar-refractivity contribution < 1.29 is 14.7 Å². The predicted octanol–water partition coefficient (Wildman–Crippen LogP) is 3.13. The lowest BCUT2D eigenvalue weighted by molar-refractivity contribution is -0.142. The molecule has 0 saturated heterocycles. The molecule has 0 radical (unpaired) electrons. The number of carboxylic acid groups (broad SMARTS) is 1. The summed E-state index contributed by atoms with van der Waals surface area (Å²) in [7, 11) is 0. The Morgan fingerprint density at radius 2 is 1.82 bits per heavy atom. The Labute approximate surface area is 129 Å². The van der Waals surface area contributed by atoms with E-state index in [0.717, 1.165) is 23.6 Å². The van der Waals surface area contributed by atoms with E-state index < -0.39 is 12.0 Å². The van der Waals surface area contributed by atoms with Crippen LogP contribution in [0, 0.1) is 11.8 Å². The average molecular weight is 297 g/mol. The van der Waals surface area contributed by atoms with Crippen LogP contribution in [0.25, 0.3) is 10.8 Å². The number of benzene rings is 2. The summed E-state index contributed by atoms with van der Waals surface area (Å²) in [6, 6.07) is 12.2. The van der Waals surface area contributed by atoms with E-state index in [0.29, 0.717) is 11.5 Å². The molecule has 4 nitrogen and oxygen atoms in total. The van der Waals surface area contributed by atoms with E-state index in [9.17, 15) is 14.7 Å². The second-order valence-electron chi connectivity index (χ2n) is 6.01. The molecule has 2 atom stereocenters. The second kappa shape index (κ2) is 5.79. The quantitative estimate of drug-likeness (QED) is 0.891. The Balaban J connectivity index is 1.85. The number of nitrogens with one attached hydrogen (secondary N) is 1. The van der Waals surface area contributed by atoms with E-state index in [2.05, 4.69) is 5.32 Å². The van der Waals surface area contributed by atoms with Crippen LogP contribution in [0.1, 0.15) is 31.4 Å². The molecular formula is C18H19NO3. The molecule has 114 valence electrons. The second-order valence-corrected chi connectivity index (χ2v) is 6.01. The minimum Gasteiger partial charge on any atom is -0.479 e. The van der Waals surface area contributed by atoms with Gasteiger partial charge in [0.05, 0.1) is 0 Å². The number of amides is 1. The van der Waals surface area contributed by atoms with Crippen molar-refractivity contribution in [1.82, 2.24) is 5.32 Å². The van der Waals surface area contributed by atoms with Crippen molar-refractivity contribution in [2.24, 2.45) is 11.8 Å². The minimum absolute atomic E-state index is 0.123. The van der Waals surface area contributed by atoms with Gasteiger partial charge in [0.25, 0.3) is 0 Å². The van der Waals surface area contributed by atoms with Gasteiger partial charge in [-0.1, -0.05) is 43.3 Å². The van der Waals surface area contributed by atoms with Gasteiger partial charge in [-0.05, 0) is 41.2 Å². The molecule has 1 aliphatic rings. The van der Waals surface area contributed by atoms with Crippen molar-refractivity contribution in [3.05, 3.63) is 48.0 Å².